The van der Waals surface area contributed by atoms with E-state index < -0.39 is 17.5 Å². The van der Waals surface area contributed by atoms with Crippen LogP contribution in [0.4, 0.5) is 13.2 Å². The second-order valence-corrected chi connectivity index (χ2v) is 7.03. The SMILES string of the molecule is CC1=CC=C(c2cc(C#N)ccc2C#Cc2ccc(O)cc2C(F)(F)F)C=CC1C. The van der Waals surface area contributed by atoms with Crippen molar-refractivity contribution in [2.75, 3.05) is 0 Å². The second kappa shape index (κ2) is 8.35. The van der Waals surface area contributed by atoms with E-state index in [0.717, 1.165) is 11.6 Å². The fraction of sp³-hybridized carbons (Fsp3) is 0.160. The zero-order valence-corrected chi connectivity index (χ0v) is 16.4. The Morgan fingerprint density at radius 2 is 1.70 bits per heavy atom. The van der Waals surface area contributed by atoms with Gasteiger partial charge >= 0.3 is 6.18 Å². The van der Waals surface area contributed by atoms with Gasteiger partial charge in [0.1, 0.15) is 5.75 Å². The number of hydrogen-bond acceptors (Lipinski definition) is 2. The summed E-state index contributed by atoms with van der Waals surface area (Å²) in [5.41, 5.74) is 2.38. The lowest BCUT2D eigenvalue weighted by Gasteiger charge is -2.09. The standard InChI is InChI=1S/C25H18F3NO/c1-16-3-6-19(7-4-17(16)2)23-13-18(15-29)5-8-20(23)9-10-21-11-12-22(30)14-24(21)25(26,27)28/h3-8,11-14,16,30H,1-2H3. The van der Waals surface area contributed by atoms with Crippen LogP contribution in [0.2, 0.25) is 0 Å². The van der Waals surface area contributed by atoms with Crippen molar-refractivity contribution in [2.24, 2.45) is 5.92 Å². The van der Waals surface area contributed by atoms with Crippen molar-refractivity contribution in [3.8, 4) is 23.7 Å². The summed E-state index contributed by atoms with van der Waals surface area (Å²) >= 11 is 0. The van der Waals surface area contributed by atoms with E-state index in [-0.39, 0.29) is 11.5 Å². The zero-order chi connectivity index (χ0) is 21.9. The molecule has 0 amide bonds. The maximum absolute atomic E-state index is 13.3. The molecule has 1 N–H and O–H groups in total. The fourth-order valence-electron chi connectivity index (χ4n) is 2.98. The predicted octanol–water partition coefficient (Wildman–Crippen LogP) is 6.22. The number of nitrogens with zero attached hydrogens (tertiary/aromatic N) is 1. The molecule has 150 valence electrons. The third-order valence-corrected chi connectivity index (χ3v) is 4.91. The van der Waals surface area contributed by atoms with Crippen LogP contribution in [0.1, 0.15) is 41.7 Å². The van der Waals surface area contributed by atoms with Gasteiger partial charge in [0.25, 0.3) is 0 Å². The first-order valence-electron chi connectivity index (χ1n) is 9.22. The van der Waals surface area contributed by atoms with Crippen LogP contribution in [0.15, 0.2) is 66.3 Å². The van der Waals surface area contributed by atoms with Gasteiger partial charge in [-0.1, -0.05) is 48.6 Å². The van der Waals surface area contributed by atoms with E-state index >= 15 is 0 Å². The van der Waals surface area contributed by atoms with Crippen molar-refractivity contribution >= 4 is 5.57 Å². The van der Waals surface area contributed by atoms with Crippen molar-refractivity contribution in [2.45, 2.75) is 20.0 Å². The minimum atomic E-state index is -4.64. The van der Waals surface area contributed by atoms with E-state index in [0.29, 0.717) is 22.8 Å². The zero-order valence-electron chi connectivity index (χ0n) is 16.4. The first-order valence-corrected chi connectivity index (χ1v) is 9.22. The molecule has 0 saturated heterocycles. The summed E-state index contributed by atoms with van der Waals surface area (Å²) < 4.78 is 39.9. The molecule has 0 bridgehead atoms. The van der Waals surface area contributed by atoms with E-state index in [2.05, 4.69) is 24.8 Å². The monoisotopic (exact) mass is 405 g/mol. The molecule has 0 heterocycles. The van der Waals surface area contributed by atoms with Crippen molar-refractivity contribution in [1.82, 2.24) is 0 Å². The van der Waals surface area contributed by atoms with Crippen LogP contribution in [-0.2, 0) is 6.18 Å². The molecule has 30 heavy (non-hydrogen) atoms. The van der Waals surface area contributed by atoms with E-state index in [1.807, 2.05) is 31.2 Å². The molecule has 2 nitrogen and oxygen atoms in total. The van der Waals surface area contributed by atoms with E-state index in [1.54, 1.807) is 18.2 Å². The van der Waals surface area contributed by atoms with E-state index in [9.17, 15) is 23.5 Å². The molecule has 0 spiro atoms. The fourth-order valence-corrected chi connectivity index (χ4v) is 2.98. The highest BCUT2D eigenvalue weighted by atomic mass is 19.4. The Kier molecular flexibility index (Phi) is 5.85. The summed E-state index contributed by atoms with van der Waals surface area (Å²) in [6.45, 7) is 4.08. The van der Waals surface area contributed by atoms with Crippen molar-refractivity contribution < 1.29 is 18.3 Å². The largest absolute Gasteiger partial charge is 0.508 e. The number of hydrogen-bond donors (Lipinski definition) is 1. The van der Waals surface area contributed by atoms with Gasteiger partial charge in [0.2, 0.25) is 0 Å². The van der Waals surface area contributed by atoms with Crippen LogP contribution < -0.4 is 0 Å². The molecule has 0 radical (unpaired) electrons. The van der Waals surface area contributed by atoms with Crippen LogP contribution in [-0.4, -0.2) is 5.11 Å². The highest BCUT2D eigenvalue weighted by molar-refractivity contribution is 5.80. The lowest BCUT2D eigenvalue weighted by molar-refractivity contribution is -0.137. The normalized spacial score (nSPS) is 15.9. The molecule has 0 aromatic heterocycles. The Morgan fingerprint density at radius 1 is 1.00 bits per heavy atom. The molecule has 0 saturated carbocycles. The number of alkyl halides is 3. The van der Waals surface area contributed by atoms with Gasteiger partial charge in [0.15, 0.2) is 0 Å². The summed E-state index contributed by atoms with van der Waals surface area (Å²) in [6, 6.07) is 9.96. The number of nitriles is 1. The van der Waals surface area contributed by atoms with Crippen molar-refractivity contribution in [3.63, 3.8) is 0 Å². The first-order chi connectivity index (χ1) is 14.2. The minimum absolute atomic E-state index is 0.231. The topological polar surface area (TPSA) is 44.0 Å². The van der Waals surface area contributed by atoms with Gasteiger partial charge in [0, 0.05) is 11.1 Å². The number of rotatable bonds is 1. The number of benzene rings is 2. The summed E-state index contributed by atoms with van der Waals surface area (Å²) in [4.78, 5) is 0. The average molecular weight is 405 g/mol. The third-order valence-electron chi connectivity index (χ3n) is 4.91. The summed E-state index contributed by atoms with van der Waals surface area (Å²) in [5, 5.41) is 18.7. The predicted molar refractivity (Wildman–Crippen MR) is 110 cm³/mol. The van der Waals surface area contributed by atoms with Gasteiger partial charge in [-0.25, -0.2) is 0 Å². The Bertz CT molecular complexity index is 1180. The number of phenolic OH excluding ortho intramolecular Hbond substituents is 1. The molecule has 0 fully saturated rings. The number of phenols is 1. The number of aromatic hydroxyl groups is 1. The van der Waals surface area contributed by atoms with Crippen LogP contribution in [0.3, 0.4) is 0 Å². The molecule has 1 unspecified atom stereocenters. The number of allylic oxidation sites excluding steroid dienone is 6. The van der Waals surface area contributed by atoms with Crippen LogP contribution in [0.5, 0.6) is 5.75 Å². The molecule has 1 atom stereocenters. The molecule has 1 aliphatic rings. The maximum atomic E-state index is 13.3. The summed E-state index contributed by atoms with van der Waals surface area (Å²) in [7, 11) is 0. The smallest absolute Gasteiger partial charge is 0.417 e. The van der Waals surface area contributed by atoms with E-state index in [4.69, 9.17) is 0 Å². The van der Waals surface area contributed by atoms with Crippen LogP contribution in [0, 0.1) is 29.1 Å². The second-order valence-electron chi connectivity index (χ2n) is 7.03. The maximum Gasteiger partial charge on any atom is 0.417 e. The summed E-state index contributed by atoms with van der Waals surface area (Å²) in [5.74, 6) is 5.17. The summed E-state index contributed by atoms with van der Waals surface area (Å²) in [6.07, 6.45) is 3.22. The van der Waals surface area contributed by atoms with Gasteiger partial charge in [-0.3, -0.25) is 0 Å². The third kappa shape index (κ3) is 4.64. The van der Waals surface area contributed by atoms with Crippen molar-refractivity contribution in [3.05, 3.63) is 94.1 Å². The van der Waals surface area contributed by atoms with Gasteiger partial charge in [-0.05, 0) is 60.4 Å². The molecular formula is C25H18F3NO. The Morgan fingerprint density at radius 3 is 2.40 bits per heavy atom. The molecule has 2 aromatic rings. The first kappa shape index (κ1) is 21.0. The lowest BCUT2D eigenvalue weighted by Crippen LogP contribution is -2.07. The molecular weight excluding hydrogens is 387 g/mol. The van der Waals surface area contributed by atoms with Crippen LogP contribution in [0.25, 0.3) is 5.57 Å². The molecule has 5 heteroatoms. The van der Waals surface area contributed by atoms with E-state index in [1.165, 1.54) is 11.6 Å². The number of halogens is 3. The van der Waals surface area contributed by atoms with Crippen molar-refractivity contribution in [1.29, 1.82) is 5.26 Å². The van der Waals surface area contributed by atoms with Gasteiger partial charge in [-0.15, -0.1) is 0 Å². The average Bonchev–Trinajstić information content (AvgIpc) is 2.87. The molecule has 2 aromatic carbocycles. The lowest BCUT2D eigenvalue weighted by atomic mass is 9.96. The van der Waals surface area contributed by atoms with Crippen LogP contribution >= 0.6 is 0 Å². The Labute approximate surface area is 173 Å². The Balaban J connectivity index is 2.13. The molecule has 3 rings (SSSR count). The van der Waals surface area contributed by atoms with Gasteiger partial charge in [0.05, 0.1) is 17.2 Å². The quantitative estimate of drug-likeness (QED) is 0.573. The molecule has 1 aliphatic carbocycles. The van der Waals surface area contributed by atoms with Gasteiger partial charge < -0.3 is 5.11 Å². The minimum Gasteiger partial charge on any atom is -0.508 e. The van der Waals surface area contributed by atoms with Gasteiger partial charge in [-0.2, -0.15) is 18.4 Å². The highest BCUT2D eigenvalue weighted by Gasteiger charge is 2.33. The molecule has 0 aliphatic heterocycles. The highest BCUT2D eigenvalue weighted by Crippen LogP contribution is 2.34. The Hall–Kier alpha value is -3.70.